The van der Waals surface area contributed by atoms with Gasteiger partial charge in [0.15, 0.2) is 17.5 Å². The Balaban J connectivity index is 1.02. The van der Waals surface area contributed by atoms with Crippen LogP contribution in [0, 0.1) is 0 Å². The Bertz CT molecular complexity index is 3580. The standard InChI is InChI=1S/C57H35N3/c1-3-12-36(13-4-1)45-18-7-10-21-51(45)56-58-55(59-57(60-56)52-33-32-46(37-14-5-2-6-15-37)48-19-8-9-20-49(48)52)44-27-25-41-34-43(26-24-42(41)35-44)47-30-28-40-23-22-38-16-11-17-39-29-31-50(47)54(40)53(38)39/h1-35H. The Morgan fingerprint density at radius 1 is 0.217 bits per heavy atom. The first-order valence-electron chi connectivity index (χ1n) is 20.4. The van der Waals surface area contributed by atoms with Crippen LogP contribution in [0.2, 0.25) is 0 Å². The first-order valence-corrected chi connectivity index (χ1v) is 20.4. The van der Waals surface area contributed by atoms with Gasteiger partial charge in [0.1, 0.15) is 0 Å². The van der Waals surface area contributed by atoms with Crippen LogP contribution in [0.3, 0.4) is 0 Å². The zero-order valence-electron chi connectivity index (χ0n) is 32.5. The first kappa shape index (κ1) is 34.1. The summed E-state index contributed by atoms with van der Waals surface area (Å²) >= 11 is 0. The van der Waals surface area contributed by atoms with Crippen LogP contribution in [0.1, 0.15) is 0 Å². The van der Waals surface area contributed by atoms with Gasteiger partial charge in [-0.1, -0.05) is 194 Å². The van der Waals surface area contributed by atoms with Gasteiger partial charge in [-0.2, -0.15) is 0 Å². The van der Waals surface area contributed by atoms with Crippen LogP contribution in [0.4, 0.5) is 0 Å². The van der Waals surface area contributed by atoms with Gasteiger partial charge in [-0.05, 0) is 105 Å². The molecule has 12 aromatic rings. The molecule has 0 N–H and O–H groups in total. The minimum atomic E-state index is 0.631. The zero-order valence-corrected chi connectivity index (χ0v) is 32.5. The minimum absolute atomic E-state index is 0.631. The lowest BCUT2D eigenvalue weighted by Gasteiger charge is -2.15. The number of aromatic nitrogens is 3. The normalized spacial score (nSPS) is 11.7. The molecule has 0 aliphatic rings. The summed E-state index contributed by atoms with van der Waals surface area (Å²) < 4.78 is 0. The summed E-state index contributed by atoms with van der Waals surface area (Å²) in [5, 5.41) is 12.3. The third-order valence-electron chi connectivity index (χ3n) is 12.1. The van der Waals surface area contributed by atoms with Gasteiger partial charge in [-0.3, -0.25) is 0 Å². The van der Waals surface area contributed by atoms with Crippen molar-refractivity contribution in [3.8, 4) is 67.5 Å². The highest BCUT2D eigenvalue weighted by Crippen LogP contribution is 2.41. The fraction of sp³-hybridized carbons (Fsp3) is 0. The predicted octanol–water partition coefficient (Wildman–Crippen LogP) is 15.1. The molecular formula is C57H35N3. The molecule has 0 unspecified atom stereocenters. The summed E-state index contributed by atoms with van der Waals surface area (Å²) in [6, 6.07) is 75.8. The molecule has 3 heteroatoms. The van der Waals surface area contributed by atoms with Crippen LogP contribution >= 0.6 is 0 Å². The van der Waals surface area contributed by atoms with Gasteiger partial charge in [-0.25, -0.2) is 15.0 Å². The maximum atomic E-state index is 5.28. The largest absolute Gasteiger partial charge is 0.208 e. The summed E-state index contributed by atoms with van der Waals surface area (Å²) in [4.78, 5) is 15.8. The van der Waals surface area contributed by atoms with E-state index in [1.807, 2.05) is 6.07 Å². The molecule has 3 nitrogen and oxygen atoms in total. The second-order valence-electron chi connectivity index (χ2n) is 15.5. The van der Waals surface area contributed by atoms with E-state index in [0.29, 0.717) is 17.5 Å². The van der Waals surface area contributed by atoms with E-state index in [0.717, 1.165) is 49.4 Å². The molecule has 0 spiro atoms. The average molecular weight is 762 g/mol. The molecule has 0 saturated carbocycles. The molecule has 0 saturated heterocycles. The van der Waals surface area contributed by atoms with Gasteiger partial charge in [0, 0.05) is 16.7 Å². The molecule has 0 radical (unpaired) electrons. The summed E-state index contributed by atoms with van der Waals surface area (Å²) in [6.07, 6.45) is 0. The van der Waals surface area contributed by atoms with Crippen LogP contribution in [0.25, 0.3) is 121 Å². The monoisotopic (exact) mass is 761 g/mol. The average Bonchev–Trinajstić information content (AvgIpc) is 3.33. The molecule has 0 aliphatic heterocycles. The van der Waals surface area contributed by atoms with E-state index in [4.69, 9.17) is 15.0 Å². The Labute approximate surface area is 347 Å². The number of hydrogen-bond donors (Lipinski definition) is 0. The molecule has 0 fully saturated rings. The maximum absolute atomic E-state index is 5.28. The fourth-order valence-corrected chi connectivity index (χ4v) is 9.20. The maximum Gasteiger partial charge on any atom is 0.164 e. The molecule has 1 aromatic heterocycles. The topological polar surface area (TPSA) is 38.7 Å². The van der Waals surface area contributed by atoms with E-state index < -0.39 is 0 Å². The van der Waals surface area contributed by atoms with Gasteiger partial charge < -0.3 is 0 Å². The third-order valence-corrected chi connectivity index (χ3v) is 12.1. The Kier molecular flexibility index (Phi) is 7.85. The number of fused-ring (bicyclic) bond motifs is 2. The molecule has 11 aromatic carbocycles. The second kappa shape index (κ2) is 13.8. The van der Waals surface area contributed by atoms with Gasteiger partial charge in [-0.15, -0.1) is 0 Å². The van der Waals surface area contributed by atoms with Crippen LogP contribution in [-0.4, -0.2) is 15.0 Å². The highest BCUT2D eigenvalue weighted by atomic mass is 15.0. The first-order chi connectivity index (χ1) is 29.7. The molecule has 12 rings (SSSR count). The molecule has 0 amide bonds. The summed E-state index contributed by atoms with van der Waals surface area (Å²) in [5.41, 5.74) is 9.82. The van der Waals surface area contributed by atoms with Crippen molar-refractivity contribution in [2.45, 2.75) is 0 Å². The van der Waals surface area contributed by atoms with Crippen molar-refractivity contribution in [2.24, 2.45) is 0 Å². The van der Waals surface area contributed by atoms with Crippen LogP contribution in [0.15, 0.2) is 212 Å². The van der Waals surface area contributed by atoms with Crippen LogP contribution < -0.4 is 0 Å². The Morgan fingerprint density at radius 3 is 1.42 bits per heavy atom. The van der Waals surface area contributed by atoms with Crippen molar-refractivity contribution in [1.29, 1.82) is 0 Å². The number of nitrogens with zero attached hydrogens (tertiary/aromatic N) is 3. The number of benzene rings is 11. The summed E-state index contributed by atoms with van der Waals surface area (Å²) in [7, 11) is 0. The molecule has 0 aliphatic carbocycles. The second-order valence-corrected chi connectivity index (χ2v) is 15.5. The molecule has 0 atom stereocenters. The van der Waals surface area contributed by atoms with Crippen molar-refractivity contribution >= 4 is 53.9 Å². The molecule has 278 valence electrons. The van der Waals surface area contributed by atoms with Crippen LogP contribution in [-0.2, 0) is 0 Å². The third kappa shape index (κ3) is 5.63. The van der Waals surface area contributed by atoms with Crippen molar-refractivity contribution in [2.75, 3.05) is 0 Å². The lowest BCUT2D eigenvalue weighted by molar-refractivity contribution is 1.08. The van der Waals surface area contributed by atoms with Gasteiger partial charge in [0.2, 0.25) is 0 Å². The summed E-state index contributed by atoms with van der Waals surface area (Å²) in [5.74, 6) is 1.90. The SMILES string of the molecule is c1ccc(-c2ccccc2-c2nc(-c3ccc4cc(-c5ccc6ccc7cccc8ccc5c6c78)ccc4c3)nc(-c3ccc(-c4ccccc4)c4ccccc34)n2)cc1. The van der Waals surface area contributed by atoms with Gasteiger partial charge in [0.25, 0.3) is 0 Å². The fourth-order valence-electron chi connectivity index (χ4n) is 9.20. The Hall–Kier alpha value is -8.01. The van der Waals surface area contributed by atoms with E-state index in [-0.39, 0.29) is 0 Å². The van der Waals surface area contributed by atoms with E-state index in [9.17, 15) is 0 Å². The van der Waals surface area contributed by atoms with Gasteiger partial charge >= 0.3 is 0 Å². The van der Waals surface area contributed by atoms with E-state index in [1.165, 1.54) is 54.6 Å². The van der Waals surface area contributed by atoms with E-state index >= 15 is 0 Å². The molecule has 0 bridgehead atoms. The van der Waals surface area contributed by atoms with E-state index in [1.54, 1.807) is 0 Å². The smallest absolute Gasteiger partial charge is 0.164 e. The van der Waals surface area contributed by atoms with Gasteiger partial charge in [0.05, 0.1) is 0 Å². The molecule has 60 heavy (non-hydrogen) atoms. The van der Waals surface area contributed by atoms with Crippen molar-refractivity contribution < 1.29 is 0 Å². The highest BCUT2D eigenvalue weighted by Gasteiger charge is 2.19. The number of hydrogen-bond acceptors (Lipinski definition) is 3. The number of rotatable bonds is 6. The van der Waals surface area contributed by atoms with Crippen LogP contribution in [0.5, 0.6) is 0 Å². The highest BCUT2D eigenvalue weighted by molar-refractivity contribution is 6.25. The molecular weight excluding hydrogens is 727 g/mol. The zero-order chi connectivity index (χ0) is 39.6. The Morgan fingerprint density at radius 2 is 0.683 bits per heavy atom. The van der Waals surface area contributed by atoms with Crippen molar-refractivity contribution in [3.63, 3.8) is 0 Å². The van der Waals surface area contributed by atoms with Crippen molar-refractivity contribution in [1.82, 2.24) is 15.0 Å². The lowest BCUT2D eigenvalue weighted by atomic mass is 9.89. The minimum Gasteiger partial charge on any atom is -0.208 e. The summed E-state index contributed by atoms with van der Waals surface area (Å²) in [6.45, 7) is 0. The van der Waals surface area contributed by atoms with Crippen molar-refractivity contribution in [3.05, 3.63) is 212 Å². The lowest BCUT2D eigenvalue weighted by Crippen LogP contribution is -2.01. The molecule has 1 heterocycles. The quantitative estimate of drug-likeness (QED) is 0.158. The van der Waals surface area contributed by atoms with E-state index in [2.05, 4.69) is 206 Å². The predicted molar refractivity (Wildman–Crippen MR) is 251 cm³/mol.